The highest BCUT2D eigenvalue weighted by molar-refractivity contribution is 7.16. The fourth-order valence-electron chi connectivity index (χ4n) is 0.816. The molecule has 1 rings (SSSR count). The van der Waals surface area contributed by atoms with Gasteiger partial charge in [-0.15, -0.1) is 11.3 Å². The molecule has 0 saturated carbocycles. The zero-order chi connectivity index (χ0) is 9.14. The summed E-state index contributed by atoms with van der Waals surface area (Å²) in [6, 6.07) is 3.02. The van der Waals surface area contributed by atoms with Gasteiger partial charge in [-0.1, -0.05) is 11.6 Å². The number of carboxylic acids is 1. The summed E-state index contributed by atoms with van der Waals surface area (Å²) in [6.45, 7) is 0. The number of rotatable bonds is 3. The zero-order valence-electron chi connectivity index (χ0n) is 6.16. The molecule has 0 spiro atoms. The first-order valence-electron chi connectivity index (χ1n) is 3.32. The molecule has 66 valence electrons. The van der Waals surface area contributed by atoms with Gasteiger partial charge in [0, 0.05) is 10.9 Å². The summed E-state index contributed by atoms with van der Waals surface area (Å²) in [5.74, 6) is -0.896. The third kappa shape index (κ3) is 2.48. The van der Waals surface area contributed by atoms with Gasteiger partial charge in [0.25, 0.3) is 0 Å². The predicted molar refractivity (Wildman–Crippen MR) is 48.5 cm³/mol. The van der Waals surface area contributed by atoms with Crippen molar-refractivity contribution < 1.29 is 9.90 Å². The van der Waals surface area contributed by atoms with Crippen LogP contribution >= 0.6 is 22.9 Å². The van der Waals surface area contributed by atoms with Crippen molar-refractivity contribution >= 4 is 28.9 Å². The van der Waals surface area contributed by atoms with Gasteiger partial charge in [0.2, 0.25) is 0 Å². The van der Waals surface area contributed by atoms with Gasteiger partial charge in [-0.2, -0.15) is 0 Å². The van der Waals surface area contributed by atoms with E-state index in [-0.39, 0.29) is 6.42 Å². The van der Waals surface area contributed by atoms with Crippen LogP contribution in [0.15, 0.2) is 12.1 Å². The molecule has 0 aliphatic heterocycles. The second-order valence-corrected chi connectivity index (χ2v) is 4.09. The molecule has 1 unspecified atom stereocenters. The van der Waals surface area contributed by atoms with Crippen molar-refractivity contribution in [2.24, 2.45) is 5.73 Å². The number of nitrogens with two attached hydrogens (primary N) is 1. The van der Waals surface area contributed by atoms with Crippen LogP contribution in [-0.2, 0) is 4.79 Å². The maximum absolute atomic E-state index is 10.3. The summed E-state index contributed by atoms with van der Waals surface area (Å²) in [7, 11) is 0. The topological polar surface area (TPSA) is 63.3 Å². The standard InChI is InChI=1S/C7H8ClNO2S/c8-6-2-1-5(12-6)4(9)3-7(10)11/h1-2,4H,3,9H2,(H,10,11). The highest BCUT2D eigenvalue weighted by Crippen LogP contribution is 2.26. The van der Waals surface area contributed by atoms with Crippen LogP contribution in [0.25, 0.3) is 0 Å². The van der Waals surface area contributed by atoms with E-state index in [9.17, 15) is 4.79 Å². The Morgan fingerprint density at radius 2 is 2.42 bits per heavy atom. The molecule has 1 atom stereocenters. The lowest BCUT2D eigenvalue weighted by atomic mass is 10.2. The highest BCUT2D eigenvalue weighted by atomic mass is 35.5. The van der Waals surface area contributed by atoms with Crippen LogP contribution < -0.4 is 5.73 Å². The van der Waals surface area contributed by atoms with Gasteiger partial charge in [0.15, 0.2) is 0 Å². The minimum atomic E-state index is -0.896. The van der Waals surface area contributed by atoms with Crippen LogP contribution in [-0.4, -0.2) is 11.1 Å². The van der Waals surface area contributed by atoms with Gasteiger partial charge in [0.1, 0.15) is 0 Å². The van der Waals surface area contributed by atoms with Crippen molar-refractivity contribution in [2.45, 2.75) is 12.5 Å². The lowest BCUT2D eigenvalue weighted by Gasteiger charge is -2.04. The Hall–Kier alpha value is -0.580. The molecule has 3 N–H and O–H groups in total. The highest BCUT2D eigenvalue weighted by Gasteiger charge is 2.12. The quantitative estimate of drug-likeness (QED) is 0.792. The summed E-state index contributed by atoms with van der Waals surface area (Å²) in [6.07, 6.45) is -0.0587. The van der Waals surface area contributed by atoms with E-state index in [2.05, 4.69) is 0 Å². The van der Waals surface area contributed by atoms with Crippen molar-refractivity contribution in [3.8, 4) is 0 Å². The molecular weight excluding hydrogens is 198 g/mol. The molecular formula is C7H8ClNO2S. The van der Waals surface area contributed by atoms with Gasteiger partial charge < -0.3 is 10.8 Å². The molecule has 1 aromatic rings. The van der Waals surface area contributed by atoms with Crippen molar-refractivity contribution in [3.63, 3.8) is 0 Å². The zero-order valence-corrected chi connectivity index (χ0v) is 7.73. The molecule has 1 aromatic heterocycles. The van der Waals surface area contributed by atoms with Gasteiger partial charge in [-0.05, 0) is 12.1 Å². The molecule has 0 bridgehead atoms. The first-order chi connectivity index (χ1) is 5.59. The maximum Gasteiger partial charge on any atom is 0.305 e. The van der Waals surface area contributed by atoms with E-state index in [1.807, 2.05) is 0 Å². The van der Waals surface area contributed by atoms with Crippen molar-refractivity contribution in [3.05, 3.63) is 21.3 Å². The number of carbonyl (C=O) groups is 1. The Morgan fingerprint density at radius 1 is 1.75 bits per heavy atom. The molecule has 0 saturated heterocycles. The maximum atomic E-state index is 10.3. The summed E-state index contributed by atoms with van der Waals surface area (Å²) < 4.78 is 0.630. The lowest BCUT2D eigenvalue weighted by Crippen LogP contribution is -2.13. The largest absolute Gasteiger partial charge is 0.481 e. The molecule has 5 heteroatoms. The Kier molecular flexibility index (Phi) is 3.08. The van der Waals surface area contributed by atoms with Gasteiger partial charge in [-0.25, -0.2) is 0 Å². The number of halogens is 1. The number of carboxylic acid groups (broad SMARTS) is 1. The van der Waals surface area contributed by atoms with Crippen molar-refractivity contribution in [1.82, 2.24) is 0 Å². The minimum Gasteiger partial charge on any atom is -0.481 e. The first kappa shape index (κ1) is 9.51. The van der Waals surface area contributed by atoms with E-state index in [0.717, 1.165) is 4.88 Å². The predicted octanol–water partition coefficient (Wildman–Crippen LogP) is 1.88. The molecule has 12 heavy (non-hydrogen) atoms. The Balaban J connectivity index is 2.64. The number of hydrogen-bond donors (Lipinski definition) is 2. The molecule has 0 fully saturated rings. The number of aliphatic carboxylic acids is 1. The normalized spacial score (nSPS) is 12.8. The van der Waals surface area contributed by atoms with E-state index < -0.39 is 12.0 Å². The number of thiophene rings is 1. The van der Waals surface area contributed by atoms with E-state index >= 15 is 0 Å². The van der Waals surface area contributed by atoms with Crippen molar-refractivity contribution in [2.75, 3.05) is 0 Å². The molecule has 0 radical (unpaired) electrons. The van der Waals surface area contributed by atoms with Crippen LogP contribution in [0.5, 0.6) is 0 Å². The summed E-state index contributed by atoms with van der Waals surface area (Å²) in [5.41, 5.74) is 5.58. The van der Waals surface area contributed by atoms with Gasteiger partial charge in [-0.3, -0.25) is 4.79 Å². The van der Waals surface area contributed by atoms with E-state index in [1.165, 1.54) is 11.3 Å². The minimum absolute atomic E-state index is 0.0587. The Bertz CT molecular complexity index is 287. The van der Waals surface area contributed by atoms with Crippen LogP contribution in [0.1, 0.15) is 17.3 Å². The fraction of sp³-hybridized carbons (Fsp3) is 0.286. The van der Waals surface area contributed by atoms with Crippen molar-refractivity contribution in [1.29, 1.82) is 0 Å². The van der Waals surface area contributed by atoms with E-state index in [0.29, 0.717) is 4.34 Å². The summed E-state index contributed by atoms with van der Waals surface area (Å²) in [4.78, 5) is 11.1. The van der Waals surface area contributed by atoms with Crippen LogP contribution in [0.2, 0.25) is 4.34 Å². The number of hydrogen-bond acceptors (Lipinski definition) is 3. The monoisotopic (exact) mass is 205 g/mol. The summed E-state index contributed by atoms with van der Waals surface area (Å²) in [5, 5.41) is 8.44. The van der Waals surface area contributed by atoms with Crippen LogP contribution in [0.4, 0.5) is 0 Å². The second-order valence-electron chi connectivity index (χ2n) is 2.35. The lowest BCUT2D eigenvalue weighted by molar-refractivity contribution is -0.137. The molecule has 0 aliphatic carbocycles. The van der Waals surface area contributed by atoms with Crippen LogP contribution in [0.3, 0.4) is 0 Å². The fourth-order valence-corrected chi connectivity index (χ4v) is 1.88. The molecule has 3 nitrogen and oxygen atoms in total. The van der Waals surface area contributed by atoms with Gasteiger partial charge >= 0.3 is 5.97 Å². The molecule has 0 aromatic carbocycles. The van der Waals surface area contributed by atoms with Crippen LogP contribution in [0, 0.1) is 0 Å². The average Bonchev–Trinajstić information content (AvgIpc) is 2.34. The average molecular weight is 206 g/mol. The Labute approximate surface area is 78.8 Å². The smallest absolute Gasteiger partial charge is 0.305 e. The molecule has 0 amide bonds. The second kappa shape index (κ2) is 3.89. The summed E-state index contributed by atoms with van der Waals surface area (Å²) >= 11 is 6.97. The molecule has 1 heterocycles. The van der Waals surface area contributed by atoms with E-state index in [1.54, 1.807) is 12.1 Å². The van der Waals surface area contributed by atoms with Gasteiger partial charge in [0.05, 0.1) is 10.8 Å². The SMILES string of the molecule is NC(CC(=O)O)c1ccc(Cl)s1. The molecule has 0 aliphatic rings. The first-order valence-corrected chi connectivity index (χ1v) is 4.51. The van der Waals surface area contributed by atoms with E-state index in [4.69, 9.17) is 22.4 Å². The Morgan fingerprint density at radius 3 is 2.83 bits per heavy atom. The third-order valence-corrected chi connectivity index (χ3v) is 2.72. The third-order valence-electron chi connectivity index (χ3n) is 1.35.